The minimum atomic E-state index is -0.0476. The maximum atomic E-state index is 12.0. The molecule has 6 heteroatoms. The van der Waals surface area contributed by atoms with Gasteiger partial charge in [0.2, 0.25) is 5.91 Å². The molecular formula is C13H19ClN4O. The first-order valence-electron chi connectivity index (χ1n) is 6.43. The van der Waals surface area contributed by atoms with E-state index in [9.17, 15) is 4.79 Å². The predicted molar refractivity (Wildman–Crippen MR) is 78.4 cm³/mol. The fraction of sp³-hybridized carbons (Fsp3) is 0.462. The molecule has 0 aliphatic carbocycles. The Balaban J connectivity index is 1.89. The second-order valence-electron chi connectivity index (χ2n) is 4.67. The van der Waals surface area contributed by atoms with Gasteiger partial charge in [-0.15, -0.1) is 0 Å². The van der Waals surface area contributed by atoms with Crippen LogP contribution in [0.15, 0.2) is 18.2 Å². The van der Waals surface area contributed by atoms with Gasteiger partial charge in [-0.25, -0.2) is 0 Å². The van der Waals surface area contributed by atoms with E-state index in [1.54, 1.807) is 18.2 Å². The third-order valence-electron chi connectivity index (χ3n) is 3.07. The molecule has 4 N–H and O–H groups in total. The Morgan fingerprint density at radius 3 is 3.05 bits per heavy atom. The van der Waals surface area contributed by atoms with Gasteiger partial charge in [0.25, 0.3) is 0 Å². The van der Waals surface area contributed by atoms with Gasteiger partial charge in [0, 0.05) is 18.8 Å². The van der Waals surface area contributed by atoms with Gasteiger partial charge >= 0.3 is 0 Å². The second kappa shape index (κ2) is 6.75. The van der Waals surface area contributed by atoms with Crippen LogP contribution in [0.25, 0.3) is 0 Å². The summed E-state index contributed by atoms with van der Waals surface area (Å²) in [7, 11) is 0. The minimum Gasteiger partial charge on any atom is -0.399 e. The molecule has 0 atom stereocenters. The van der Waals surface area contributed by atoms with E-state index in [0.29, 0.717) is 22.9 Å². The van der Waals surface area contributed by atoms with E-state index in [4.69, 9.17) is 17.3 Å². The van der Waals surface area contributed by atoms with Crippen LogP contribution in [0.1, 0.15) is 6.42 Å². The van der Waals surface area contributed by atoms with Crippen LogP contribution in [-0.2, 0) is 4.79 Å². The molecule has 0 unspecified atom stereocenters. The number of nitrogen functional groups attached to an aromatic ring is 1. The number of hydrogen-bond acceptors (Lipinski definition) is 4. The molecule has 1 amide bonds. The zero-order valence-corrected chi connectivity index (χ0v) is 11.5. The van der Waals surface area contributed by atoms with E-state index < -0.39 is 0 Å². The van der Waals surface area contributed by atoms with Crippen molar-refractivity contribution in [3.8, 4) is 0 Å². The maximum absolute atomic E-state index is 12.0. The monoisotopic (exact) mass is 282 g/mol. The predicted octanol–water partition coefficient (Wildman–Crippen LogP) is 1.16. The van der Waals surface area contributed by atoms with Crippen molar-refractivity contribution in [1.82, 2.24) is 10.2 Å². The number of anilines is 2. The molecule has 1 saturated heterocycles. The van der Waals surface area contributed by atoms with Crippen LogP contribution in [0.5, 0.6) is 0 Å². The number of nitrogens with two attached hydrogens (primary N) is 1. The van der Waals surface area contributed by atoms with Crippen molar-refractivity contribution >= 4 is 28.9 Å². The highest BCUT2D eigenvalue weighted by Crippen LogP contribution is 2.23. The Morgan fingerprint density at radius 1 is 1.42 bits per heavy atom. The zero-order valence-electron chi connectivity index (χ0n) is 10.8. The molecule has 1 fully saturated rings. The topological polar surface area (TPSA) is 70.4 Å². The van der Waals surface area contributed by atoms with Gasteiger partial charge in [0.1, 0.15) is 0 Å². The molecule has 1 heterocycles. The number of carbonyl (C=O) groups is 1. The molecule has 1 aliphatic heterocycles. The summed E-state index contributed by atoms with van der Waals surface area (Å²) in [4.78, 5) is 14.1. The van der Waals surface area contributed by atoms with E-state index in [1.165, 1.54) is 0 Å². The van der Waals surface area contributed by atoms with Crippen molar-refractivity contribution in [2.24, 2.45) is 0 Å². The number of carbonyl (C=O) groups excluding carboxylic acids is 1. The molecule has 2 rings (SSSR count). The number of benzene rings is 1. The van der Waals surface area contributed by atoms with Crippen LogP contribution in [-0.4, -0.2) is 43.5 Å². The summed E-state index contributed by atoms with van der Waals surface area (Å²) >= 11 is 6.02. The van der Waals surface area contributed by atoms with E-state index in [-0.39, 0.29) is 5.91 Å². The number of nitrogens with zero attached hydrogens (tertiary/aromatic N) is 1. The zero-order chi connectivity index (χ0) is 13.7. The molecule has 0 saturated carbocycles. The molecule has 0 aromatic heterocycles. The van der Waals surface area contributed by atoms with Gasteiger partial charge in [0.05, 0.1) is 17.3 Å². The lowest BCUT2D eigenvalue weighted by Gasteiger charge is -2.18. The largest absolute Gasteiger partial charge is 0.399 e. The van der Waals surface area contributed by atoms with Gasteiger partial charge in [0.15, 0.2) is 0 Å². The normalized spacial score (nSPS) is 16.9. The molecule has 5 nitrogen and oxygen atoms in total. The van der Waals surface area contributed by atoms with Crippen LogP contribution < -0.4 is 16.4 Å². The van der Waals surface area contributed by atoms with Crippen molar-refractivity contribution in [3.05, 3.63) is 23.2 Å². The molecular weight excluding hydrogens is 264 g/mol. The number of halogens is 1. The Kier molecular flexibility index (Phi) is 5.01. The number of amides is 1. The molecule has 0 bridgehead atoms. The summed E-state index contributed by atoms with van der Waals surface area (Å²) in [5.41, 5.74) is 6.80. The highest BCUT2D eigenvalue weighted by molar-refractivity contribution is 6.34. The lowest BCUT2D eigenvalue weighted by atomic mass is 10.3. The molecule has 0 radical (unpaired) electrons. The van der Waals surface area contributed by atoms with Crippen LogP contribution >= 0.6 is 11.6 Å². The number of nitrogens with one attached hydrogen (secondary N) is 2. The molecule has 0 spiro atoms. The van der Waals surface area contributed by atoms with Crippen molar-refractivity contribution < 1.29 is 4.79 Å². The average Bonchev–Trinajstić information content (AvgIpc) is 2.61. The molecule has 1 aliphatic rings. The first-order valence-corrected chi connectivity index (χ1v) is 6.81. The van der Waals surface area contributed by atoms with Crippen LogP contribution in [0, 0.1) is 0 Å². The Bertz CT molecular complexity index is 444. The van der Waals surface area contributed by atoms with Gasteiger partial charge in [-0.05, 0) is 37.7 Å². The summed E-state index contributed by atoms with van der Waals surface area (Å²) in [5, 5.41) is 6.59. The smallest absolute Gasteiger partial charge is 0.238 e. The van der Waals surface area contributed by atoms with Crippen molar-refractivity contribution in [1.29, 1.82) is 0 Å². The van der Waals surface area contributed by atoms with E-state index in [2.05, 4.69) is 15.5 Å². The third kappa shape index (κ3) is 4.38. The standard InChI is InChI=1S/C13H19ClN4O/c14-11-8-10(15)2-3-12(11)17-13(19)9-18-6-1-4-16-5-7-18/h2-3,8,16H,1,4-7,9,15H2,(H,17,19). The van der Waals surface area contributed by atoms with Gasteiger partial charge in [-0.1, -0.05) is 11.6 Å². The Hall–Kier alpha value is -1.30. The number of hydrogen-bond donors (Lipinski definition) is 3. The first-order chi connectivity index (χ1) is 9.15. The van der Waals surface area contributed by atoms with Crippen LogP contribution in [0.2, 0.25) is 5.02 Å². The summed E-state index contributed by atoms with van der Waals surface area (Å²) in [6.45, 7) is 4.17. The van der Waals surface area contributed by atoms with E-state index >= 15 is 0 Å². The van der Waals surface area contributed by atoms with Crippen molar-refractivity contribution in [2.45, 2.75) is 6.42 Å². The summed E-state index contributed by atoms with van der Waals surface area (Å²) in [5.74, 6) is -0.0476. The highest BCUT2D eigenvalue weighted by atomic mass is 35.5. The lowest BCUT2D eigenvalue weighted by Crippen LogP contribution is -2.35. The molecule has 104 valence electrons. The van der Waals surface area contributed by atoms with E-state index in [0.717, 1.165) is 32.6 Å². The quantitative estimate of drug-likeness (QED) is 0.728. The van der Waals surface area contributed by atoms with Gasteiger partial charge < -0.3 is 16.4 Å². The summed E-state index contributed by atoms with van der Waals surface area (Å²) in [6.07, 6.45) is 1.07. The van der Waals surface area contributed by atoms with E-state index in [1.807, 2.05) is 0 Å². The SMILES string of the molecule is Nc1ccc(NC(=O)CN2CCCNCC2)c(Cl)c1. The van der Waals surface area contributed by atoms with Gasteiger partial charge in [-0.2, -0.15) is 0 Å². The van der Waals surface area contributed by atoms with Crippen LogP contribution in [0.3, 0.4) is 0 Å². The van der Waals surface area contributed by atoms with Crippen molar-refractivity contribution in [3.63, 3.8) is 0 Å². The van der Waals surface area contributed by atoms with Crippen LogP contribution in [0.4, 0.5) is 11.4 Å². The average molecular weight is 283 g/mol. The fourth-order valence-electron chi connectivity index (χ4n) is 2.09. The van der Waals surface area contributed by atoms with Crippen molar-refractivity contribution in [2.75, 3.05) is 43.8 Å². The highest BCUT2D eigenvalue weighted by Gasteiger charge is 2.13. The fourth-order valence-corrected chi connectivity index (χ4v) is 2.32. The molecule has 1 aromatic rings. The summed E-state index contributed by atoms with van der Waals surface area (Å²) in [6, 6.07) is 5.07. The minimum absolute atomic E-state index is 0.0476. The van der Waals surface area contributed by atoms with Gasteiger partial charge in [-0.3, -0.25) is 9.69 Å². The Labute approximate surface area is 118 Å². The number of rotatable bonds is 3. The molecule has 19 heavy (non-hydrogen) atoms. The second-order valence-corrected chi connectivity index (χ2v) is 5.07. The summed E-state index contributed by atoms with van der Waals surface area (Å²) < 4.78 is 0. The third-order valence-corrected chi connectivity index (χ3v) is 3.38. The first kappa shape index (κ1) is 14.1. The molecule has 1 aromatic carbocycles. The Morgan fingerprint density at radius 2 is 2.26 bits per heavy atom. The lowest BCUT2D eigenvalue weighted by molar-refractivity contribution is -0.117. The maximum Gasteiger partial charge on any atom is 0.238 e.